The first kappa shape index (κ1) is 21.4. The van der Waals surface area contributed by atoms with Crippen LogP contribution in [0.5, 0.6) is 11.5 Å². The molecule has 5 nitrogen and oxygen atoms in total. The zero-order chi connectivity index (χ0) is 17.6. The second-order valence-corrected chi connectivity index (χ2v) is 5.52. The van der Waals surface area contributed by atoms with E-state index in [1.807, 2.05) is 4.90 Å². The Balaban J connectivity index is 0.00000312. The lowest BCUT2D eigenvalue weighted by Crippen LogP contribution is -2.46. The predicted molar refractivity (Wildman–Crippen MR) is 89.6 cm³/mol. The number of methoxy groups -OCH3 is 1. The number of hydrogen-bond acceptors (Lipinski definition) is 4. The summed E-state index contributed by atoms with van der Waals surface area (Å²) in [5, 5.41) is 3.18. The first-order valence-electron chi connectivity index (χ1n) is 7.74. The van der Waals surface area contributed by atoms with Gasteiger partial charge in [0.15, 0.2) is 18.1 Å². The minimum atomic E-state index is -4.40. The van der Waals surface area contributed by atoms with Crippen LogP contribution in [0.2, 0.25) is 0 Å². The molecule has 9 heteroatoms. The van der Waals surface area contributed by atoms with Crippen molar-refractivity contribution in [2.45, 2.75) is 19.0 Å². The van der Waals surface area contributed by atoms with Crippen molar-refractivity contribution in [1.29, 1.82) is 0 Å². The zero-order valence-corrected chi connectivity index (χ0v) is 14.7. The van der Waals surface area contributed by atoms with Crippen LogP contribution in [0, 0.1) is 0 Å². The molecule has 0 aromatic heterocycles. The molecule has 1 N–H and O–H groups in total. The summed E-state index contributed by atoms with van der Waals surface area (Å²) in [6, 6.07) is 4.70. The fourth-order valence-electron chi connectivity index (χ4n) is 2.47. The summed E-state index contributed by atoms with van der Waals surface area (Å²) in [4.78, 5) is 13.9. The summed E-state index contributed by atoms with van der Waals surface area (Å²) in [7, 11) is 1.37. The third kappa shape index (κ3) is 6.99. The summed E-state index contributed by atoms with van der Waals surface area (Å²) in [5.41, 5.74) is 0.815. The molecule has 1 aromatic rings. The number of alkyl halides is 3. The summed E-state index contributed by atoms with van der Waals surface area (Å²) < 4.78 is 46.5. The maximum Gasteiger partial charge on any atom is 0.422 e. The minimum Gasteiger partial charge on any atom is -0.493 e. The lowest BCUT2D eigenvalue weighted by molar-refractivity contribution is -0.153. The molecule has 0 saturated carbocycles. The van der Waals surface area contributed by atoms with Gasteiger partial charge in [0, 0.05) is 32.6 Å². The number of carbonyl (C=O) groups excluding carboxylic acids is 1. The van der Waals surface area contributed by atoms with Crippen LogP contribution in [-0.4, -0.2) is 56.9 Å². The van der Waals surface area contributed by atoms with Crippen molar-refractivity contribution >= 4 is 18.3 Å². The summed E-state index contributed by atoms with van der Waals surface area (Å²) in [6.45, 7) is 1.62. The Morgan fingerprint density at radius 2 is 1.92 bits per heavy atom. The molecular formula is C16H22ClF3N2O3. The number of hydrogen-bond donors (Lipinski definition) is 1. The van der Waals surface area contributed by atoms with Gasteiger partial charge in [-0.15, -0.1) is 12.4 Å². The Labute approximate surface area is 150 Å². The molecular weight excluding hydrogens is 361 g/mol. The Morgan fingerprint density at radius 3 is 2.52 bits per heavy atom. The van der Waals surface area contributed by atoms with E-state index in [1.54, 1.807) is 12.1 Å². The van der Waals surface area contributed by atoms with Crippen LogP contribution in [0.4, 0.5) is 13.2 Å². The van der Waals surface area contributed by atoms with E-state index in [-0.39, 0.29) is 29.8 Å². The third-order valence-corrected chi connectivity index (χ3v) is 3.72. The largest absolute Gasteiger partial charge is 0.493 e. The average Bonchev–Trinajstić information content (AvgIpc) is 2.58. The van der Waals surface area contributed by atoms with E-state index in [0.29, 0.717) is 25.9 Å². The van der Waals surface area contributed by atoms with Crippen LogP contribution in [-0.2, 0) is 11.2 Å². The molecule has 1 fully saturated rings. The minimum absolute atomic E-state index is 0. The Hall–Kier alpha value is -1.67. The smallest absolute Gasteiger partial charge is 0.422 e. The highest BCUT2D eigenvalue weighted by molar-refractivity contribution is 5.85. The zero-order valence-electron chi connectivity index (χ0n) is 13.9. The van der Waals surface area contributed by atoms with Crippen LogP contribution in [0.25, 0.3) is 0 Å². The molecule has 1 aliphatic heterocycles. The second-order valence-electron chi connectivity index (χ2n) is 5.52. The van der Waals surface area contributed by atoms with Crippen LogP contribution in [0.1, 0.15) is 12.0 Å². The van der Waals surface area contributed by atoms with Gasteiger partial charge in [-0.2, -0.15) is 13.2 Å². The maximum absolute atomic E-state index is 12.2. The number of halogens is 4. The molecule has 142 valence electrons. The van der Waals surface area contributed by atoms with Gasteiger partial charge in [0.05, 0.1) is 7.11 Å². The Bertz CT molecular complexity index is 564. The molecule has 0 aliphatic carbocycles. The molecule has 0 bridgehead atoms. The van der Waals surface area contributed by atoms with Gasteiger partial charge in [-0.05, 0) is 24.1 Å². The monoisotopic (exact) mass is 382 g/mol. The number of piperazine rings is 1. The van der Waals surface area contributed by atoms with Crippen molar-refractivity contribution in [3.8, 4) is 11.5 Å². The van der Waals surface area contributed by atoms with E-state index in [0.717, 1.165) is 18.7 Å². The molecule has 1 heterocycles. The van der Waals surface area contributed by atoms with Crippen LogP contribution < -0.4 is 14.8 Å². The second kappa shape index (κ2) is 9.72. The summed E-state index contributed by atoms with van der Waals surface area (Å²) >= 11 is 0. The number of benzene rings is 1. The van der Waals surface area contributed by atoms with E-state index >= 15 is 0 Å². The molecule has 1 aliphatic rings. The van der Waals surface area contributed by atoms with Gasteiger partial charge in [0.1, 0.15) is 0 Å². The molecule has 1 aromatic carbocycles. The van der Waals surface area contributed by atoms with E-state index in [4.69, 9.17) is 9.47 Å². The fraction of sp³-hybridized carbons (Fsp3) is 0.562. The van der Waals surface area contributed by atoms with Crippen molar-refractivity contribution in [3.05, 3.63) is 23.8 Å². The SMILES string of the molecule is COc1cc(CCC(=O)N2CCNCC2)ccc1OCC(F)(F)F.Cl. The fourth-order valence-corrected chi connectivity index (χ4v) is 2.47. The highest BCUT2D eigenvalue weighted by Gasteiger charge is 2.29. The van der Waals surface area contributed by atoms with Gasteiger partial charge in [0.2, 0.25) is 5.91 Å². The number of rotatable bonds is 6. The van der Waals surface area contributed by atoms with E-state index in [1.165, 1.54) is 13.2 Å². The van der Waals surface area contributed by atoms with Crippen molar-refractivity contribution in [2.75, 3.05) is 39.9 Å². The number of ether oxygens (including phenoxy) is 2. The lowest BCUT2D eigenvalue weighted by atomic mass is 10.1. The molecule has 2 rings (SSSR count). The number of nitrogens with zero attached hydrogens (tertiary/aromatic N) is 1. The van der Waals surface area contributed by atoms with E-state index in [9.17, 15) is 18.0 Å². The summed E-state index contributed by atoms with van der Waals surface area (Å²) in [6.07, 6.45) is -3.55. The maximum atomic E-state index is 12.2. The molecule has 25 heavy (non-hydrogen) atoms. The van der Waals surface area contributed by atoms with E-state index in [2.05, 4.69) is 5.32 Å². The molecule has 0 unspecified atom stereocenters. The Kier molecular flexibility index (Phi) is 8.31. The quantitative estimate of drug-likeness (QED) is 0.821. The number of carbonyl (C=O) groups is 1. The molecule has 0 radical (unpaired) electrons. The number of nitrogens with one attached hydrogen (secondary N) is 1. The average molecular weight is 383 g/mol. The highest BCUT2D eigenvalue weighted by atomic mass is 35.5. The molecule has 0 spiro atoms. The Morgan fingerprint density at radius 1 is 1.24 bits per heavy atom. The van der Waals surface area contributed by atoms with Gasteiger partial charge in [-0.25, -0.2) is 0 Å². The predicted octanol–water partition coefficient (Wildman–Crippen LogP) is 2.42. The topological polar surface area (TPSA) is 50.8 Å². The van der Waals surface area contributed by atoms with Gasteiger partial charge >= 0.3 is 6.18 Å². The molecule has 1 amide bonds. The highest BCUT2D eigenvalue weighted by Crippen LogP contribution is 2.30. The number of amides is 1. The van der Waals surface area contributed by atoms with Crippen molar-refractivity contribution in [1.82, 2.24) is 10.2 Å². The normalized spacial score (nSPS) is 14.6. The van der Waals surface area contributed by atoms with Crippen molar-refractivity contribution < 1.29 is 27.4 Å². The van der Waals surface area contributed by atoms with Crippen LogP contribution in [0.15, 0.2) is 18.2 Å². The van der Waals surface area contributed by atoms with Gasteiger partial charge in [-0.1, -0.05) is 6.07 Å². The molecule has 1 saturated heterocycles. The standard InChI is InChI=1S/C16H21F3N2O3.ClH/c1-23-14-10-12(2-4-13(14)24-11-16(17,18)19)3-5-15(22)21-8-6-20-7-9-21;/h2,4,10,20H,3,5-9,11H2,1H3;1H. The summed E-state index contributed by atoms with van der Waals surface area (Å²) in [5.74, 6) is 0.339. The van der Waals surface area contributed by atoms with E-state index < -0.39 is 12.8 Å². The van der Waals surface area contributed by atoms with Gasteiger partial charge < -0.3 is 19.7 Å². The lowest BCUT2D eigenvalue weighted by Gasteiger charge is -2.27. The third-order valence-electron chi connectivity index (χ3n) is 3.72. The van der Waals surface area contributed by atoms with Gasteiger partial charge in [0.25, 0.3) is 0 Å². The first-order valence-corrected chi connectivity index (χ1v) is 7.74. The van der Waals surface area contributed by atoms with Crippen LogP contribution >= 0.6 is 12.4 Å². The van der Waals surface area contributed by atoms with Crippen molar-refractivity contribution in [3.63, 3.8) is 0 Å². The van der Waals surface area contributed by atoms with Gasteiger partial charge in [-0.3, -0.25) is 4.79 Å². The first-order chi connectivity index (χ1) is 11.4. The molecule has 0 atom stereocenters. The van der Waals surface area contributed by atoms with Crippen LogP contribution in [0.3, 0.4) is 0 Å². The number of aryl methyl sites for hydroxylation is 1. The van der Waals surface area contributed by atoms with Crippen molar-refractivity contribution in [2.24, 2.45) is 0 Å².